The van der Waals surface area contributed by atoms with Crippen LogP contribution < -0.4 is 0 Å². The van der Waals surface area contributed by atoms with E-state index in [1.165, 1.54) is 12.1 Å². The van der Waals surface area contributed by atoms with Crippen molar-refractivity contribution in [3.8, 4) is 0 Å². The molecule has 0 amide bonds. The zero-order valence-electron chi connectivity index (χ0n) is 8.19. The lowest BCUT2D eigenvalue weighted by Gasteiger charge is -2.36. The van der Waals surface area contributed by atoms with Crippen LogP contribution in [0.15, 0.2) is 24.3 Å². The average Bonchev–Trinajstić information content (AvgIpc) is 2.13. The SMILES string of the molecule is O=C(O)C1CN(Cc2ccc(F)cc2)C1. The highest BCUT2D eigenvalue weighted by Gasteiger charge is 2.31. The molecule has 4 heteroatoms. The molecule has 0 atom stereocenters. The maximum Gasteiger partial charge on any atom is 0.309 e. The first-order chi connectivity index (χ1) is 7.15. The van der Waals surface area contributed by atoms with E-state index in [0.29, 0.717) is 19.6 Å². The molecular weight excluding hydrogens is 197 g/mol. The summed E-state index contributed by atoms with van der Waals surface area (Å²) in [5.74, 6) is -1.21. The molecule has 1 fully saturated rings. The van der Waals surface area contributed by atoms with Crippen LogP contribution in [0.5, 0.6) is 0 Å². The summed E-state index contributed by atoms with van der Waals surface area (Å²) in [6.07, 6.45) is 0. The number of hydrogen-bond acceptors (Lipinski definition) is 2. The summed E-state index contributed by atoms with van der Waals surface area (Å²) in [5, 5.41) is 8.68. The number of carbonyl (C=O) groups is 1. The molecule has 1 N–H and O–H groups in total. The van der Waals surface area contributed by atoms with E-state index in [4.69, 9.17) is 5.11 Å². The zero-order chi connectivity index (χ0) is 10.8. The van der Waals surface area contributed by atoms with Crippen molar-refractivity contribution in [2.24, 2.45) is 5.92 Å². The number of hydrogen-bond donors (Lipinski definition) is 1. The monoisotopic (exact) mass is 209 g/mol. The predicted molar refractivity (Wildman–Crippen MR) is 52.8 cm³/mol. The van der Waals surface area contributed by atoms with Crippen molar-refractivity contribution in [3.05, 3.63) is 35.6 Å². The fourth-order valence-corrected chi connectivity index (χ4v) is 1.70. The van der Waals surface area contributed by atoms with Crippen molar-refractivity contribution in [1.82, 2.24) is 4.90 Å². The van der Waals surface area contributed by atoms with E-state index in [9.17, 15) is 9.18 Å². The first-order valence-corrected chi connectivity index (χ1v) is 4.85. The molecule has 1 aliphatic heterocycles. The Morgan fingerprint density at radius 3 is 2.53 bits per heavy atom. The summed E-state index contributed by atoms with van der Waals surface area (Å²) >= 11 is 0. The second-order valence-corrected chi connectivity index (χ2v) is 3.86. The highest BCUT2D eigenvalue weighted by molar-refractivity contribution is 5.71. The average molecular weight is 209 g/mol. The molecule has 0 radical (unpaired) electrons. The van der Waals surface area contributed by atoms with Crippen molar-refractivity contribution in [2.45, 2.75) is 6.54 Å². The van der Waals surface area contributed by atoms with Crippen LogP contribution >= 0.6 is 0 Å². The smallest absolute Gasteiger partial charge is 0.309 e. The van der Waals surface area contributed by atoms with Gasteiger partial charge in [-0.1, -0.05) is 12.1 Å². The molecular formula is C11H12FNO2. The van der Waals surface area contributed by atoms with Gasteiger partial charge in [-0.05, 0) is 17.7 Å². The molecule has 1 saturated heterocycles. The van der Waals surface area contributed by atoms with E-state index in [0.717, 1.165) is 5.56 Å². The highest BCUT2D eigenvalue weighted by Crippen LogP contribution is 2.18. The van der Waals surface area contributed by atoms with E-state index in [-0.39, 0.29) is 11.7 Å². The van der Waals surface area contributed by atoms with E-state index in [1.54, 1.807) is 12.1 Å². The largest absolute Gasteiger partial charge is 0.481 e. The summed E-state index contributed by atoms with van der Waals surface area (Å²) in [6.45, 7) is 1.88. The molecule has 1 aromatic carbocycles. The molecule has 3 nitrogen and oxygen atoms in total. The van der Waals surface area contributed by atoms with Crippen molar-refractivity contribution >= 4 is 5.97 Å². The number of rotatable bonds is 3. The summed E-state index contributed by atoms with van der Waals surface area (Å²) < 4.78 is 12.6. The Hall–Kier alpha value is -1.42. The van der Waals surface area contributed by atoms with Crippen LogP contribution in [0.2, 0.25) is 0 Å². The Bertz CT molecular complexity index is 357. The maximum atomic E-state index is 12.6. The third-order valence-corrected chi connectivity index (χ3v) is 2.63. The summed E-state index contributed by atoms with van der Waals surface area (Å²) in [7, 11) is 0. The summed E-state index contributed by atoms with van der Waals surface area (Å²) in [6, 6.07) is 6.29. The van der Waals surface area contributed by atoms with Gasteiger partial charge in [0.15, 0.2) is 0 Å². The van der Waals surface area contributed by atoms with Gasteiger partial charge in [0, 0.05) is 19.6 Å². The first-order valence-electron chi connectivity index (χ1n) is 4.85. The minimum Gasteiger partial charge on any atom is -0.481 e. The van der Waals surface area contributed by atoms with Crippen LogP contribution in [0.1, 0.15) is 5.56 Å². The summed E-state index contributed by atoms with van der Waals surface area (Å²) in [5.41, 5.74) is 1.01. The molecule has 2 rings (SSSR count). The van der Waals surface area contributed by atoms with Crippen molar-refractivity contribution in [2.75, 3.05) is 13.1 Å². The summed E-state index contributed by atoms with van der Waals surface area (Å²) in [4.78, 5) is 12.6. The fourth-order valence-electron chi connectivity index (χ4n) is 1.70. The van der Waals surface area contributed by atoms with Crippen LogP contribution in [-0.4, -0.2) is 29.1 Å². The highest BCUT2D eigenvalue weighted by atomic mass is 19.1. The van der Waals surface area contributed by atoms with Crippen LogP contribution in [0, 0.1) is 11.7 Å². The Morgan fingerprint density at radius 2 is 2.00 bits per heavy atom. The standard InChI is InChI=1S/C11H12FNO2/c12-10-3-1-8(2-4-10)5-13-6-9(7-13)11(14)15/h1-4,9H,5-7H2,(H,14,15). The molecule has 80 valence electrons. The van der Waals surface area contributed by atoms with Gasteiger partial charge < -0.3 is 5.11 Å². The topological polar surface area (TPSA) is 40.5 Å². The lowest BCUT2D eigenvalue weighted by molar-refractivity contribution is -0.147. The van der Waals surface area contributed by atoms with Gasteiger partial charge in [-0.3, -0.25) is 9.69 Å². The number of aliphatic carboxylic acids is 1. The zero-order valence-corrected chi connectivity index (χ0v) is 8.19. The molecule has 0 spiro atoms. The van der Waals surface area contributed by atoms with Crippen LogP contribution in [-0.2, 0) is 11.3 Å². The van der Waals surface area contributed by atoms with Gasteiger partial charge >= 0.3 is 5.97 Å². The number of benzene rings is 1. The Balaban J connectivity index is 1.85. The number of likely N-dealkylation sites (tertiary alicyclic amines) is 1. The van der Waals surface area contributed by atoms with Gasteiger partial charge in [0.25, 0.3) is 0 Å². The molecule has 0 aliphatic carbocycles. The molecule has 15 heavy (non-hydrogen) atoms. The minimum atomic E-state index is -0.731. The Labute approximate surface area is 87.1 Å². The molecule has 0 bridgehead atoms. The van der Waals surface area contributed by atoms with Gasteiger partial charge in [-0.2, -0.15) is 0 Å². The number of carboxylic acids is 1. The van der Waals surface area contributed by atoms with Crippen molar-refractivity contribution in [3.63, 3.8) is 0 Å². The third kappa shape index (κ3) is 2.33. The van der Waals surface area contributed by atoms with Gasteiger partial charge in [0.1, 0.15) is 5.82 Å². The molecule has 1 aromatic rings. The lowest BCUT2D eigenvalue weighted by Crippen LogP contribution is -2.49. The molecule has 0 saturated carbocycles. The lowest BCUT2D eigenvalue weighted by atomic mass is 10.00. The molecule has 1 heterocycles. The second-order valence-electron chi connectivity index (χ2n) is 3.86. The Kier molecular flexibility index (Phi) is 2.68. The van der Waals surface area contributed by atoms with Gasteiger partial charge in [-0.25, -0.2) is 4.39 Å². The third-order valence-electron chi connectivity index (χ3n) is 2.63. The van der Waals surface area contributed by atoms with Crippen molar-refractivity contribution in [1.29, 1.82) is 0 Å². The number of carboxylic acid groups (broad SMARTS) is 1. The van der Waals surface area contributed by atoms with Gasteiger partial charge in [-0.15, -0.1) is 0 Å². The maximum absolute atomic E-state index is 12.6. The van der Waals surface area contributed by atoms with Crippen molar-refractivity contribution < 1.29 is 14.3 Å². The first kappa shape index (κ1) is 10.1. The van der Waals surface area contributed by atoms with Crippen LogP contribution in [0.4, 0.5) is 4.39 Å². The van der Waals surface area contributed by atoms with Gasteiger partial charge in [0.2, 0.25) is 0 Å². The number of halogens is 1. The Morgan fingerprint density at radius 1 is 1.40 bits per heavy atom. The van der Waals surface area contributed by atoms with E-state index < -0.39 is 5.97 Å². The second kappa shape index (κ2) is 3.98. The minimum absolute atomic E-state index is 0.231. The predicted octanol–water partition coefficient (Wildman–Crippen LogP) is 1.34. The molecule has 0 unspecified atom stereocenters. The normalized spacial score (nSPS) is 17.4. The van der Waals surface area contributed by atoms with Crippen LogP contribution in [0.25, 0.3) is 0 Å². The van der Waals surface area contributed by atoms with Crippen LogP contribution in [0.3, 0.4) is 0 Å². The molecule has 0 aromatic heterocycles. The fraction of sp³-hybridized carbons (Fsp3) is 0.364. The van der Waals surface area contributed by atoms with Gasteiger partial charge in [0.05, 0.1) is 5.92 Å². The quantitative estimate of drug-likeness (QED) is 0.816. The van der Waals surface area contributed by atoms with E-state index in [2.05, 4.69) is 0 Å². The molecule has 1 aliphatic rings. The van der Waals surface area contributed by atoms with E-state index >= 15 is 0 Å². The number of nitrogens with zero attached hydrogens (tertiary/aromatic N) is 1. The van der Waals surface area contributed by atoms with E-state index in [1.807, 2.05) is 4.90 Å².